The summed E-state index contributed by atoms with van der Waals surface area (Å²) in [6, 6.07) is 6.19. The predicted octanol–water partition coefficient (Wildman–Crippen LogP) is 2.60. The Hall–Kier alpha value is -0.580. The minimum Gasteiger partial charge on any atom is -0.398 e. The summed E-state index contributed by atoms with van der Waals surface area (Å²) in [5.74, 6) is 0. The van der Waals surface area contributed by atoms with E-state index >= 15 is 0 Å². The number of nitrogen functional groups attached to an aromatic ring is 1. The van der Waals surface area contributed by atoms with Crippen LogP contribution in [0.5, 0.6) is 0 Å². The first-order valence-electron chi connectivity index (χ1n) is 6.13. The molecule has 0 amide bonds. The molecular formula is C13H19BrN2O. The van der Waals surface area contributed by atoms with Gasteiger partial charge in [0, 0.05) is 22.7 Å². The SMILES string of the molecule is Nc1cc(C(O)CNC2CCCC2)ccc1Br. The topological polar surface area (TPSA) is 58.3 Å². The minimum atomic E-state index is -0.481. The number of nitrogens with two attached hydrogens (primary N) is 1. The lowest BCUT2D eigenvalue weighted by atomic mass is 10.1. The van der Waals surface area contributed by atoms with Gasteiger partial charge in [0.2, 0.25) is 0 Å². The van der Waals surface area contributed by atoms with E-state index in [1.54, 1.807) is 0 Å². The van der Waals surface area contributed by atoms with E-state index in [2.05, 4.69) is 21.2 Å². The molecule has 1 aliphatic carbocycles. The van der Waals surface area contributed by atoms with Crippen molar-refractivity contribution in [3.63, 3.8) is 0 Å². The predicted molar refractivity (Wildman–Crippen MR) is 73.8 cm³/mol. The van der Waals surface area contributed by atoms with Crippen LogP contribution >= 0.6 is 15.9 Å². The number of aliphatic hydroxyl groups excluding tert-OH is 1. The molecule has 1 saturated carbocycles. The summed E-state index contributed by atoms with van der Waals surface area (Å²) in [7, 11) is 0. The van der Waals surface area contributed by atoms with Crippen molar-refractivity contribution in [1.82, 2.24) is 5.32 Å². The highest BCUT2D eigenvalue weighted by Crippen LogP contribution is 2.24. The first-order chi connectivity index (χ1) is 8.16. The molecule has 2 rings (SSSR count). The molecular weight excluding hydrogens is 280 g/mol. The summed E-state index contributed by atoms with van der Waals surface area (Å²) < 4.78 is 0.872. The van der Waals surface area contributed by atoms with Gasteiger partial charge in [0.05, 0.1) is 6.10 Å². The first kappa shape index (κ1) is 12.9. The van der Waals surface area contributed by atoms with Gasteiger partial charge in [-0.3, -0.25) is 0 Å². The highest BCUT2D eigenvalue weighted by atomic mass is 79.9. The van der Waals surface area contributed by atoms with Gasteiger partial charge in [0.25, 0.3) is 0 Å². The molecule has 1 atom stereocenters. The van der Waals surface area contributed by atoms with Crippen molar-refractivity contribution in [3.05, 3.63) is 28.2 Å². The van der Waals surface area contributed by atoms with E-state index in [1.807, 2.05) is 18.2 Å². The summed E-state index contributed by atoms with van der Waals surface area (Å²) in [6.45, 7) is 0.603. The molecule has 0 heterocycles. The Balaban J connectivity index is 1.89. The third-order valence-electron chi connectivity index (χ3n) is 3.36. The average Bonchev–Trinajstić information content (AvgIpc) is 2.82. The third kappa shape index (κ3) is 3.44. The zero-order valence-corrected chi connectivity index (χ0v) is 11.4. The van der Waals surface area contributed by atoms with Gasteiger partial charge in [0.1, 0.15) is 0 Å². The second-order valence-corrected chi connectivity index (χ2v) is 5.54. The molecule has 0 aliphatic heterocycles. The minimum absolute atomic E-state index is 0.481. The Morgan fingerprint density at radius 3 is 2.76 bits per heavy atom. The Labute approximate surface area is 111 Å². The van der Waals surface area contributed by atoms with Gasteiger partial charge in [-0.15, -0.1) is 0 Å². The lowest BCUT2D eigenvalue weighted by Crippen LogP contribution is -2.30. The van der Waals surface area contributed by atoms with Crippen LogP contribution in [0, 0.1) is 0 Å². The van der Waals surface area contributed by atoms with Crippen LogP contribution in [0.4, 0.5) is 5.69 Å². The van der Waals surface area contributed by atoms with Crippen molar-refractivity contribution < 1.29 is 5.11 Å². The number of halogens is 1. The molecule has 0 aromatic heterocycles. The molecule has 0 saturated heterocycles. The Bertz CT molecular complexity index is 378. The van der Waals surface area contributed by atoms with Crippen LogP contribution in [0.2, 0.25) is 0 Å². The molecule has 0 radical (unpaired) electrons. The lowest BCUT2D eigenvalue weighted by molar-refractivity contribution is 0.170. The summed E-state index contributed by atoms with van der Waals surface area (Å²) in [5, 5.41) is 13.5. The van der Waals surface area contributed by atoms with Gasteiger partial charge in [-0.05, 0) is 46.5 Å². The third-order valence-corrected chi connectivity index (χ3v) is 4.08. The number of hydrogen-bond acceptors (Lipinski definition) is 3. The van der Waals surface area contributed by atoms with Crippen molar-refractivity contribution in [2.45, 2.75) is 37.8 Å². The van der Waals surface area contributed by atoms with Gasteiger partial charge in [-0.25, -0.2) is 0 Å². The zero-order chi connectivity index (χ0) is 12.3. The maximum atomic E-state index is 10.1. The van der Waals surface area contributed by atoms with Crippen molar-refractivity contribution in [2.24, 2.45) is 0 Å². The average molecular weight is 299 g/mol. The normalized spacial score (nSPS) is 18.5. The van der Waals surface area contributed by atoms with Gasteiger partial charge in [-0.2, -0.15) is 0 Å². The molecule has 1 fully saturated rings. The molecule has 4 N–H and O–H groups in total. The monoisotopic (exact) mass is 298 g/mol. The first-order valence-corrected chi connectivity index (χ1v) is 6.92. The molecule has 1 aliphatic rings. The molecule has 17 heavy (non-hydrogen) atoms. The van der Waals surface area contributed by atoms with E-state index in [0.29, 0.717) is 18.3 Å². The molecule has 0 bridgehead atoms. The summed E-state index contributed by atoms with van der Waals surface area (Å²) in [6.07, 6.45) is 4.59. The van der Waals surface area contributed by atoms with E-state index in [-0.39, 0.29) is 0 Å². The van der Waals surface area contributed by atoms with E-state index in [0.717, 1.165) is 10.0 Å². The van der Waals surface area contributed by atoms with Crippen LogP contribution in [0.3, 0.4) is 0 Å². The van der Waals surface area contributed by atoms with Crippen molar-refractivity contribution in [3.8, 4) is 0 Å². The second kappa shape index (κ2) is 5.85. The van der Waals surface area contributed by atoms with E-state index in [4.69, 9.17) is 5.73 Å². The van der Waals surface area contributed by atoms with Crippen molar-refractivity contribution in [1.29, 1.82) is 0 Å². The molecule has 1 aromatic carbocycles. The molecule has 3 nitrogen and oxygen atoms in total. The van der Waals surface area contributed by atoms with Crippen LogP contribution in [-0.4, -0.2) is 17.7 Å². The number of nitrogens with one attached hydrogen (secondary N) is 1. The summed E-state index contributed by atoms with van der Waals surface area (Å²) >= 11 is 3.35. The van der Waals surface area contributed by atoms with Gasteiger partial charge in [-0.1, -0.05) is 18.9 Å². The molecule has 1 aromatic rings. The molecule has 94 valence electrons. The number of benzene rings is 1. The number of aliphatic hydroxyl groups is 1. The highest BCUT2D eigenvalue weighted by Gasteiger charge is 2.16. The Kier molecular flexibility index (Phi) is 4.42. The fraction of sp³-hybridized carbons (Fsp3) is 0.538. The number of rotatable bonds is 4. The van der Waals surface area contributed by atoms with Crippen LogP contribution in [0.15, 0.2) is 22.7 Å². The smallest absolute Gasteiger partial charge is 0.0915 e. The van der Waals surface area contributed by atoms with Crippen molar-refractivity contribution >= 4 is 21.6 Å². The van der Waals surface area contributed by atoms with Crippen LogP contribution in [-0.2, 0) is 0 Å². The van der Waals surface area contributed by atoms with E-state index < -0.39 is 6.10 Å². The van der Waals surface area contributed by atoms with Crippen LogP contribution in [0.1, 0.15) is 37.4 Å². The largest absolute Gasteiger partial charge is 0.398 e. The van der Waals surface area contributed by atoms with Gasteiger partial charge in [0.15, 0.2) is 0 Å². The molecule has 1 unspecified atom stereocenters. The molecule has 4 heteroatoms. The Morgan fingerprint density at radius 2 is 2.12 bits per heavy atom. The van der Waals surface area contributed by atoms with E-state index in [9.17, 15) is 5.11 Å². The lowest BCUT2D eigenvalue weighted by Gasteiger charge is -2.17. The Morgan fingerprint density at radius 1 is 1.41 bits per heavy atom. The fourth-order valence-corrected chi connectivity index (χ4v) is 2.54. The number of hydrogen-bond donors (Lipinski definition) is 3. The zero-order valence-electron chi connectivity index (χ0n) is 9.82. The van der Waals surface area contributed by atoms with E-state index in [1.165, 1.54) is 25.7 Å². The summed E-state index contributed by atoms with van der Waals surface area (Å²) in [5.41, 5.74) is 7.34. The quantitative estimate of drug-likeness (QED) is 0.749. The maximum absolute atomic E-state index is 10.1. The number of anilines is 1. The van der Waals surface area contributed by atoms with Crippen LogP contribution in [0.25, 0.3) is 0 Å². The maximum Gasteiger partial charge on any atom is 0.0915 e. The van der Waals surface area contributed by atoms with Gasteiger partial charge >= 0.3 is 0 Å². The van der Waals surface area contributed by atoms with Crippen molar-refractivity contribution in [2.75, 3.05) is 12.3 Å². The highest BCUT2D eigenvalue weighted by molar-refractivity contribution is 9.10. The molecule has 0 spiro atoms. The van der Waals surface area contributed by atoms with Crippen LogP contribution < -0.4 is 11.1 Å². The fourth-order valence-electron chi connectivity index (χ4n) is 2.30. The second-order valence-electron chi connectivity index (χ2n) is 4.69. The summed E-state index contributed by atoms with van der Waals surface area (Å²) in [4.78, 5) is 0. The standard InChI is InChI=1S/C13H19BrN2O/c14-11-6-5-9(7-12(11)15)13(17)8-16-10-3-1-2-4-10/h5-7,10,13,16-17H,1-4,8,15H2. The van der Waals surface area contributed by atoms with Gasteiger partial charge < -0.3 is 16.2 Å².